The lowest BCUT2D eigenvalue weighted by molar-refractivity contribution is 0.102. The number of aryl methyl sites for hydroxylation is 1. The van der Waals surface area contributed by atoms with Crippen molar-refractivity contribution >= 4 is 22.6 Å². The lowest BCUT2D eigenvalue weighted by atomic mass is 10.1. The third kappa shape index (κ3) is 2.94. The van der Waals surface area contributed by atoms with E-state index >= 15 is 0 Å². The highest BCUT2D eigenvalue weighted by Crippen LogP contribution is 2.25. The Kier molecular flexibility index (Phi) is 3.85. The van der Waals surface area contributed by atoms with Crippen LogP contribution >= 0.6 is 0 Å². The van der Waals surface area contributed by atoms with Gasteiger partial charge in [0.15, 0.2) is 11.3 Å². The van der Waals surface area contributed by atoms with Crippen molar-refractivity contribution in [3.8, 4) is 5.75 Å². The molecule has 0 saturated heterocycles. The van der Waals surface area contributed by atoms with Crippen LogP contribution in [0.15, 0.2) is 57.7 Å². The Bertz CT molecular complexity index is 943. The summed E-state index contributed by atoms with van der Waals surface area (Å²) in [4.78, 5) is 24.4. The summed E-state index contributed by atoms with van der Waals surface area (Å²) in [5.74, 6) is 0.111. The van der Waals surface area contributed by atoms with Crippen LogP contribution in [-0.4, -0.2) is 13.0 Å². The second-order valence-corrected chi connectivity index (χ2v) is 5.15. The van der Waals surface area contributed by atoms with Crippen LogP contribution in [0.4, 0.5) is 5.69 Å². The van der Waals surface area contributed by atoms with Crippen molar-refractivity contribution in [2.45, 2.75) is 6.92 Å². The molecule has 0 radical (unpaired) electrons. The highest BCUT2D eigenvalue weighted by atomic mass is 16.5. The molecule has 3 rings (SSSR count). The number of amides is 1. The van der Waals surface area contributed by atoms with Crippen LogP contribution in [0.2, 0.25) is 0 Å². The zero-order valence-corrected chi connectivity index (χ0v) is 12.8. The summed E-state index contributed by atoms with van der Waals surface area (Å²) in [7, 11) is 1.50. The van der Waals surface area contributed by atoms with Crippen LogP contribution in [0.5, 0.6) is 5.75 Å². The predicted octanol–water partition coefficient (Wildman–Crippen LogP) is 3.36. The van der Waals surface area contributed by atoms with Gasteiger partial charge < -0.3 is 14.5 Å². The number of ether oxygens (including phenoxy) is 1. The van der Waals surface area contributed by atoms with Crippen LogP contribution < -0.4 is 15.7 Å². The number of carbonyl (C=O) groups is 1. The molecule has 0 fully saturated rings. The number of fused-ring (bicyclic) bond motifs is 1. The van der Waals surface area contributed by atoms with Gasteiger partial charge in [0.05, 0.1) is 7.11 Å². The van der Waals surface area contributed by atoms with Gasteiger partial charge in [-0.25, -0.2) is 4.79 Å². The fourth-order valence-electron chi connectivity index (χ4n) is 2.35. The van der Waals surface area contributed by atoms with Crippen LogP contribution in [-0.2, 0) is 0 Å². The molecule has 0 bridgehead atoms. The van der Waals surface area contributed by atoms with Gasteiger partial charge in [0.1, 0.15) is 5.69 Å². The molecule has 0 saturated carbocycles. The van der Waals surface area contributed by atoms with Crippen molar-refractivity contribution < 1.29 is 13.9 Å². The zero-order valence-electron chi connectivity index (χ0n) is 12.8. The minimum Gasteiger partial charge on any atom is -0.493 e. The topological polar surface area (TPSA) is 68.5 Å². The fourth-order valence-corrected chi connectivity index (χ4v) is 2.35. The molecule has 0 spiro atoms. The van der Waals surface area contributed by atoms with Gasteiger partial charge in [-0.3, -0.25) is 4.79 Å². The Hall–Kier alpha value is -3.08. The molecule has 1 amide bonds. The molecule has 0 aliphatic rings. The first-order valence-corrected chi connectivity index (χ1v) is 7.07. The van der Waals surface area contributed by atoms with Gasteiger partial charge in [0.25, 0.3) is 5.91 Å². The molecule has 0 aliphatic carbocycles. The first-order chi connectivity index (χ1) is 11.1. The minimum atomic E-state index is -0.622. The molecule has 0 atom stereocenters. The fraction of sp³-hybridized carbons (Fsp3) is 0.111. The predicted molar refractivity (Wildman–Crippen MR) is 88.2 cm³/mol. The van der Waals surface area contributed by atoms with Crippen LogP contribution in [0, 0.1) is 6.92 Å². The second kappa shape index (κ2) is 5.96. The Morgan fingerprint density at radius 2 is 1.91 bits per heavy atom. The summed E-state index contributed by atoms with van der Waals surface area (Å²) in [6.45, 7) is 1.90. The molecular formula is C18H15NO4. The average Bonchev–Trinajstić information content (AvgIpc) is 2.55. The molecular weight excluding hydrogens is 294 g/mol. The van der Waals surface area contributed by atoms with Crippen LogP contribution in [0.3, 0.4) is 0 Å². The maximum Gasteiger partial charge on any atom is 0.360 e. The number of methoxy groups -OCH3 is 1. The van der Waals surface area contributed by atoms with Crippen molar-refractivity contribution in [2.24, 2.45) is 0 Å². The van der Waals surface area contributed by atoms with Crippen molar-refractivity contribution in [1.29, 1.82) is 0 Å². The monoisotopic (exact) mass is 309 g/mol. The maximum atomic E-state index is 12.3. The Morgan fingerprint density at radius 1 is 1.13 bits per heavy atom. The molecule has 116 valence electrons. The average molecular weight is 309 g/mol. The van der Waals surface area contributed by atoms with E-state index in [0.717, 1.165) is 5.56 Å². The summed E-state index contributed by atoms with van der Waals surface area (Å²) in [6.07, 6.45) is 0. The van der Waals surface area contributed by atoms with Crippen molar-refractivity contribution in [3.63, 3.8) is 0 Å². The van der Waals surface area contributed by atoms with Crippen LogP contribution in [0.1, 0.15) is 15.9 Å². The zero-order chi connectivity index (χ0) is 16.4. The Balaban J connectivity index is 1.99. The third-order valence-corrected chi connectivity index (χ3v) is 3.47. The number of hydrogen-bond acceptors (Lipinski definition) is 4. The lowest BCUT2D eigenvalue weighted by Gasteiger charge is -2.07. The SMILES string of the molecule is COc1cccc2cc(NC(=O)c3cccc(C)c3)c(=O)oc12. The van der Waals surface area contributed by atoms with Gasteiger partial charge in [-0.1, -0.05) is 29.8 Å². The first-order valence-electron chi connectivity index (χ1n) is 7.07. The van der Waals surface area contributed by atoms with E-state index in [2.05, 4.69) is 5.32 Å². The number of anilines is 1. The Labute approximate surface area is 132 Å². The number of carbonyl (C=O) groups excluding carboxylic acids is 1. The number of hydrogen-bond donors (Lipinski definition) is 1. The van der Waals surface area contributed by atoms with E-state index in [4.69, 9.17) is 9.15 Å². The highest BCUT2D eigenvalue weighted by Gasteiger charge is 2.12. The maximum absolute atomic E-state index is 12.3. The summed E-state index contributed by atoms with van der Waals surface area (Å²) in [5, 5.41) is 3.27. The molecule has 0 unspecified atom stereocenters. The van der Waals surface area contributed by atoms with E-state index in [1.165, 1.54) is 7.11 Å². The molecule has 3 aromatic rings. The molecule has 0 aliphatic heterocycles. The minimum absolute atomic E-state index is 0.0947. The Morgan fingerprint density at radius 3 is 2.65 bits per heavy atom. The highest BCUT2D eigenvalue weighted by molar-refractivity contribution is 6.04. The van der Waals surface area contributed by atoms with Gasteiger partial charge in [-0.2, -0.15) is 0 Å². The molecule has 5 nitrogen and oxygen atoms in total. The number of benzene rings is 2. The standard InChI is InChI=1S/C18H15NO4/c1-11-5-3-7-13(9-11)17(20)19-14-10-12-6-4-8-15(22-2)16(12)23-18(14)21/h3-10H,1-2H3,(H,19,20). The molecule has 2 aromatic carbocycles. The van der Waals surface area contributed by atoms with E-state index < -0.39 is 5.63 Å². The number of rotatable bonds is 3. The van der Waals surface area contributed by atoms with Gasteiger partial charge in [-0.15, -0.1) is 0 Å². The number of nitrogens with one attached hydrogen (secondary N) is 1. The van der Waals surface area contributed by atoms with Gasteiger partial charge in [0.2, 0.25) is 0 Å². The van der Waals surface area contributed by atoms with E-state index in [9.17, 15) is 9.59 Å². The molecule has 5 heteroatoms. The van der Waals surface area contributed by atoms with Crippen molar-refractivity contribution in [2.75, 3.05) is 12.4 Å². The summed E-state index contributed by atoms with van der Waals surface area (Å²) >= 11 is 0. The van der Waals surface area contributed by atoms with E-state index in [1.54, 1.807) is 42.5 Å². The van der Waals surface area contributed by atoms with Crippen molar-refractivity contribution in [1.82, 2.24) is 0 Å². The molecule has 1 N–H and O–H groups in total. The van der Waals surface area contributed by atoms with E-state index in [1.807, 2.05) is 13.0 Å². The summed E-state index contributed by atoms with van der Waals surface area (Å²) in [6, 6.07) is 14.0. The second-order valence-electron chi connectivity index (χ2n) is 5.15. The lowest BCUT2D eigenvalue weighted by Crippen LogP contribution is -2.17. The van der Waals surface area contributed by atoms with E-state index in [-0.39, 0.29) is 11.6 Å². The normalized spacial score (nSPS) is 10.5. The number of para-hydroxylation sites is 1. The quantitative estimate of drug-likeness (QED) is 0.753. The van der Waals surface area contributed by atoms with E-state index in [0.29, 0.717) is 22.3 Å². The van der Waals surface area contributed by atoms with Crippen LogP contribution in [0.25, 0.3) is 11.0 Å². The molecule has 1 heterocycles. The smallest absolute Gasteiger partial charge is 0.360 e. The van der Waals surface area contributed by atoms with Gasteiger partial charge >= 0.3 is 5.63 Å². The summed E-state index contributed by atoms with van der Waals surface area (Å²) < 4.78 is 10.4. The third-order valence-electron chi connectivity index (χ3n) is 3.47. The van der Waals surface area contributed by atoms with Gasteiger partial charge in [0, 0.05) is 10.9 Å². The van der Waals surface area contributed by atoms with Crippen molar-refractivity contribution in [3.05, 3.63) is 70.1 Å². The van der Waals surface area contributed by atoms with Gasteiger partial charge in [-0.05, 0) is 31.2 Å². The molecule has 1 aromatic heterocycles. The first kappa shape index (κ1) is 14.8. The largest absolute Gasteiger partial charge is 0.493 e. The summed E-state index contributed by atoms with van der Waals surface area (Å²) in [5.41, 5.74) is 1.27. The molecule has 23 heavy (non-hydrogen) atoms.